The second-order valence-corrected chi connectivity index (χ2v) is 9.79. The Bertz CT molecular complexity index is 835. The highest BCUT2D eigenvalue weighted by molar-refractivity contribution is 5.73. The van der Waals surface area contributed by atoms with E-state index < -0.39 is 117 Å². The molecule has 0 unspecified atom stereocenters. The second-order valence-electron chi connectivity index (χ2n) is 9.79. The highest BCUT2D eigenvalue weighted by atomic mass is 16.7. The van der Waals surface area contributed by atoms with E-state index in [1.165, 1.54) is 6.92 Å². The van der Waals surface area contributed by atoms with Crippen molar-refractivity contribution in [1.82, 2.24) is 10.6 Å². The van der Waals surface area contributed by atoms with Gasteiger partial charge in [0, 0.05) is 13.8 Å². The van der Waals surface area contributed by atoms with Crippen LogP contribution in [0.15, 0.2) is 0 Å². The molecule has 0 aromatic rings. The number of ether oxygens (including phenoxy) is 5. The molecule has 15 atom stereocenters. The molecule has 0 bridgehead atoms. The molecule has 0 aromatic carbocycles. The zero-order chi connectivity index (χ0) is 29.2. The molecular weight excluding hydrogens is 532 g/mol. The van der Waals surface area contributed by atoms with Crippen molar-refractivity contribution in [2.75, 3.05) is 13.2 Å². The van der Waals surface area contributed by atoms with Gasteiger partial charge in [-0.3, -0.25) is 9.59 Å². The number of aliphatic hydroxyl groups excluding tert-OH is 8. The Balaban J connectivity index is 1.94. The fourth-order valence-corrected chi connectivity index (χ4v) is 4.81. The van der Waals surface area contributed by atoms with Gasteiger partial charge in [0.1, 0.15) is 67.0 Å². The molecule has 39 heavy (non-hydrogen) atoms. The molecule has 226 valence electrons. The van der Waals surface area contributed by atoms with Crippen LogP contribution in [0.3, 0.4) is 0 Å². The summed E-state index contributed by atoms with van der Waals surface area (Å²) >= 11 is 0. The van der Waals surface area contributed by atoms with Crippen LogP contribution in [0.2, 0.25) is 0 Å². The third-order valence-corrected chi connectivity index (χ3v) is 6.86. The minimum Gasteiger partial charge on any atom is -0.394 e. The van der Waals surface area contributed by atoms with Crippen LogP contribution in [0.5, 0.6) is 0 Å². The molecule has 3 fully saturated rings. The van der Waals surface area contributed by atoms with Gasteiger partial charge >= 0.3 is 0 Å². The summed E-state index contributed by atoms with van der Waals surface area (Å²) in [5, 5.41) is 86.6. The van der Waals surface area contributed by atoms with Crippen LogP contribution in [-0.4, -0.2) is 158 Å². The first-order valence-corrected chi connectivity index (χ1v) is 12.4. The standard InChI is InChI=1S/C22H38N2O15/c1-6-13(29)15(31)11(23-7(2)27)21(35-6)39-19-12(24-8(3)28)22(37-9(4-25)14(19)30)38-18-10(5-26)36-20(34)17(33)16(18)32/h6,9-22,25-26,29-34H,4-5H2,1-3H3,(H,23,27)(H,24,28)/t6-,9+,10+,11-,12+,13+,14-,15-,16+,17+,18-,19+,20-,21-,22+/m0/s1. The first kappa shape index (κ1) is 31.9. The molecule has 0 saturated carbocycles. The van der Waals surface area contributed by atoms with E-state index in [0.717, 1.165) is 13.8 Å². The molecule has 3 aliphatic rings. The van der Waals surface area contributed by atoms with Crippen molar-refractivity contribution < 1.29 is 74.1 Å². The Morgan fingerprint density at radius 2 is 1.21 bits per heavy atom. The fraction of sp³-hybridized carbons (Fsp3) is 0.909. The Morgan fingerprint density at radius 1 is 0.667 bits per heavy atom. The monoisotopic (exact) mass is 570 g/mol. The highest BCUT2D eigenvalue weighted by Gasteiger charge is 2.54. The van der Waals surface area contributed by atoms with Crippen molar-refractivity contribution in [2.45, 2.75) is 113 Å². The van der Waals surface area contributed by atoms with Gasteiger partial charge in [-0.05, 0) is 6.92 Å². The molecule has 10 N–H and O–H groups in total. The number of aliphatic hydroxyl groups is 8. The lowest BCUT2D eigenvalue weighted by Crippen LogP contribution is -2.70. The maximum atomic E-state index is 12.1. The quantitative estimate of drug-likeness (QED) is 0.130. The van der Waals surface area contributed by atoms with Crippen LogP contribution in [0.25, 0.3) is 0 Å². The molecule has 0 radical (unpaired) electrons. The summed E-state index contributed by atoms with van der Waals surface area (Å²) in [5.41, 5.74) is 0. The summed E-state index contributed by atoms with van der Waals surface area (Å²) < 4.78 is 28.1. The molecule has 0 aromatic heterocycles. The van der Waals surface area contributed by atoms with Crippen molar-refractivity contribution >= 4 is 11.8 Å². The van der Waals surface area contributed by atoms with Crippen LogP contribution in [0, 0.1) is 0 Å². The van der Waals surface area contributed by atoms with E-state index in [1.54, 1.807) is 0 Å². The molecule has 2 amide bonds. The zero-order valence-electron chi connectivity index (χ0n) is 21.5. The predicted octanol–water partition coefficient (Wildman–Crippen LogP) is -6.26. The number of nitrogens with one attached hydrogen (secondary N) is 2. The molecule has 17 nitrogen and oxygen atoms in total. The average Bonchev–Trinajstić information content (AvgIpc) is 2.87. The van der Waals surface area contributed by atoms with E-state index in [2.05, 4.69) is 10.6 Å². The maximum Gasteiger partial charge on any atom is 0.217 e. The van der Waals surface area contributed by atoms with Crippen molar-refractivity contribution in [2.24, 2.45) is 0 Å². The molecule has 3 heterocycles. The molecule has 0 spiro atoms. The van der Waals surface area contributed by atoms with Crippen molar-refractivity contribution in [3.05, 3.63) is 0 Å². The second kappa shape index (κ2) is 13.4. The molecule has 0 aliphatic carbocycles. The number of carbonyl (C=O) groups excluding carboxylic acids is 2. The van der Waals surface area contributed by atoms with Gasteiger partial charge in [0.15, 0.2) is 18.9 Å². The topological polar surface area (TPSA) is 266 Å². The lowest BCUT2D eigenvalue weighted by molar-refractivity contribution is -0.355. The van der Waals surface area contributed by atoms with Crippen molar-refractivity contribution in [1.29, 1.82) is 0 Å². The number of rotatable bonds is 8. The molecule has 17 heteroatoms. The lowest BCUT2D eigenvalue weighted by atomic mass is 9.94. The summed E-state index contributed by atoms with van der Waals surface area (Å²) in [6.45, 7) is 2.18. The first-order valence-electron chi connectivity index (χ1n) is 12.4. The minimum absolute atomic E-state index is 0.597. The van der Waals surface area contributed by atoms with Gasteiger partial charge in [-0.15, -0.1) is 0 Å². The lowest BCUT2D eigenvalue weighted by Gasteiger charge is -2.49. The SMILES string of the molecule is CC(=O)N[C@@H]1[C@H](O[C@H]2[C@@H](O)[C@@H](CO)O[C@H](O[C@@H]3[C@H](O)[C@@H](O)[C@@H](O)O[C@@H]3CO)[C@@H]2NC(C)=O)O[C@@H](C)[C@@H](O)[C@H]1O. The van der Waals surface area contributed by atoms with Gasteiger partial charge in [-0.25, -0.2) is 0 Å². The normalized spacial score (nSPS) is 46.9. The third kappa shape index (κ3) is 7.02. The molecular formula is C22H38N2O15. The van der Waals surface area contributed by atoms with Crippen molar-refractivity contribution in [3.63, 3.8) is 0 Å². The smallest absolute Gasteiger partial charge is 0.217 e. The van der Waals surface area contributed by atoms with Crippen LogP contribution >= 0.6 is 0 Å². The van der Waals surface area contributed by atoms with E-state index in [-0.39, 0.29) is 0 Å². The van der Waals surface area contributed by atoms with Crippen LogP contribution in [0.4, 0.5) is 0 Å². The van der Waals surface area contributed by atoms with E-state index in [1.807, 2.05) is 0 Å². The third-order valence-electron chi connectivity index (χ3n) is 6.86. The predicted molar refractivity (Wildman–Crippen MR) is 123 cm³/mol. The fourth-order valence-electron chi connectivity index (χ4n) is 4.81. The molecule has 3 aliphatic heterocycles. The van der Waals surface area contributed by atoms with E-state index in [9.17, 15) is 50.4 Å². The van der Waals surface area contributed by atoms with Gasteiger partial charge < -0.3 is 75.2 Å². The van der Waals surface area contributed by atoms with Gasteiger partial charge in [-0.1, -0.05) is 0 Å². The highest BCUT2D eigenvalue weighted by Crippen LogP contribution is 2.32. The van der Waals surface area contributed by atoms with Crippen LogP contribution < -0.4 is 10.6 Å². The summed E-state index contributed by atoms with van der Waals surface area (Å²) in [6, 6.07) is -2.73. The van der Waals surface area contributed by atoms with Gasteiger partial charge in [0.25, 0.3) is 0 Å². The van der Waals surface area contributed by atoms with E-state index in [0.29, 0.717) is 0 Å². The number of amides is 2. The minimum atomic E-state index is -1.84. The van der Waals surface area contributed by atoms with Gasteiger partial charge in [-0.2, -0.15) is 0 Å². The summed E-state index contributed by atoms with van der Waals surface area (Å²) in [4.78, 5) is 23.9. The molecule has 3 rings (SSSR count). The summed E-state index contributed by atoms with van der Waals surface area (Å²) in [5.74, 6) is -1.25. The van der Waals surface area contributed by atoms with Gasteiger partial charge in [0.2, 0.25) is 11.8 Å². The Morgan fingerprint density at radius 3 is 1.77 bits per heavy atom. The summed E-state index contributed by atoms with van der Waals surface area (Å²) in [6.07, 6.45) is -20.0. The Labute approximate surface area is 223 Å². The Hall–Kier alpha value is -1.58. The summed E-state index contributed by atoms with van der Waals surface area (Å²) in [7, 11) is 0. The van der Waals surface area contributed by atoms with E-state index in [4.69, 9.17) is 23.7 Å². The number of hydrogen-bond acceptors (Lipinski definition) is 15. The van der Waals surface area contributed by atoms with Crippen LogP contribution in [-0.2, 0) is 33.3 Å². The number of hydrogen-bond donors (Lipinski definition) is 10. The maximum absolute atomic E-state index is 12.1. The Kier molecular flexibility index (Phi) is 11.0. The average molecular weight is 571 g/mol. The first-order chi connectivity index (χ1) is 18.3. The zero-order valence-corrected chi connectivity index (χ0v) is 21.5. The van der Waals surface area contributed by atoms with Gasteiger partial charge in [0.05, 0.1) is 19.3 Å². The van der Waals surface area contributed by atoms with E-state index >= 15 is 0 Å². The largest absolute Gasteiger partial charge is 0.394 e. The molecule has 3 saturated heterocycles. The number of carbonyl (C=O) groups is 2. The van der Waals surface area contributed by atoms with Crippen molar-refractivity contribution in [3.8, 4) is 0 Å². The van der Waals surface area contributed by atoms with Crippen LogP contribution in [0.1, 0.15) is 20.8 Å².